The highest BCUT2D eigenvalue weighted by atomic mass is 32.1. The number of para-hydroxylation sites is 1. The van der Waals surface area contributed by atoms with E-state index in [1.807, 2.05) is 12.1 Å². The van der Waals surface area contributed by atoms with Gasteiger partial charge >= 0.3 is 0 Å². The van der Waals surface area contributed by atoms with Crippen LogP contribution in [0.5, 0.6) is 0 Å². The molecule has 5 heteroatoms. The first kappa shape index (κ1) is 19.8. The summed E-state index contributed by atoms with van der Waals surface area (Å²) in [5.41, 5.74) is 3.64. The van der Waals surface area contributed by atoms with Crippen molar-refractivity contribution in [1.29, 1.82) is 0 Å². The summed E-state index contributed by atoms with van der Waals surface area (Å²) in [5.74, 6) is 0. The van der Waals surface area contributed by atoms with Crippen molar-refractivity contribution in [2.45, 2.75) is 25.9 Å². The summed E-state index contributed by atoms with van der Waals surface area (Å²) in [4.78, 5) is 3.27. The smallest absolute Gasteiger partial charge is 0.171 e. The average molecular weight is 385 g/mol. The lowest BCUT2D eigenvalue weighted by atomic mass is 9.98. The van der Waals surface area contributed by atoms with Gasteiger partial charge in [0.25, 0.3) is 0 Å². The molecular weight excluding hydrogens is 352 g/mol. The van der Waals surface area contributed by atoms with Gasteiger partial charge in [-0.2, -0.15) is 0 Å². The second kappa shape index (κ2) is 9.31. The molecule has 2 aromatic carbocycles. The standard InChI is InChI=1S/C22H30N4S/c1-17-9-7-8-12-20(17)24-22(27)23-18(2)21(19-10-5-4-6-11-19)26-15-13-25(3)14-16-26/h4-12,18,21H,13-16H2,1-3H3,(H2,23,24,27)/p+2/t18-,21+/m0/s1. The minimum absolute atomic E-state index is 0.241. The van der Waals surface area contributed by atoms with Gasteiger partial charge < -0.3 is 20.4 Å². The molecule has 4 nitrogen and oxygen atoms in total. The van der Waals surface area contributed by atoms with Crippen molar-refractivity contribution in [3.05, 3.63) is 65.7 Å². The number of anilines is 1. The summed E-state index contributed by atoms with van der Waals surface area (Å²) in [6, 6.07) is 19.7. The van der Waals surface area contributed by atoms with Crippen LogP contribution in [0, 0.1) is 6.92 Å². The normalized spacial score (nSPS) is 21.9. The molecule has 0 aliphatic carbocycles. The van der Waals surface area contributed by atoms with Gasteiger partial charge in [-0.3, -0.25) is 0 Å². The number of nitrogens with one attached hydrogen (secondary N) is 4. The molecule has 0 amide bonds. The molecule has 0 spiro atoms. The molecule has 27 heavy (non-hydrogen) atoms. The van der Waals surface area contributed by atoms with Gasteiger partial charge in [0.05, 0.1) is 13.1 Å². The quantitative estimate of drug-likeness (QED) is 0.576. The van der Waals surface area contributed by atoms with E-state index in [0.717, 1.165) is 5.69 Å². The van der Waals surface area contributed by atoms with Crippen molar-refractivity contribution in [2.24, 2.45) is 0 Å². The zero-order valence-electron chi connectivity index (χ0n) is 16.6. The molecule has 0 unspecified atom stereocenters. The highest BCUT2D eigenvalue weighted by Crippen LogP contribution is 2.16. The maximum atomic E-state index is 5.63. The number of quaternary nitrogens is 2. The molecule has 3 rings (SSSR count). The first-order valence-electron chi connectivity index (χ1n) is 9.88. The van der Waals surface area contributed by atoms with Gasteiger partial charge in [-0.25, -0.2) is 0 Å². The van der Waals surface area contributed by atoms with Crippen molar-refractivity contribution in [2.75, 3.05) is 38.5 Å². The molecule has 0 saturated carbocycles. The number of benzene rings is 2. The van der Waals surface area contributed by atoms with Crippen LogP contribution < -0.4 is 20.4 Å². The number of hydrogen-bond donors (Lipinski definition) is 4. The molecule has 0 radical (unpaired) electrons. The molecular formula is C22H32N4S+2. The Labute approximate surface area is 168 Å². The fourth-order valence-electron chi connectivity index (χ4n) is 4.01. The SMILES string of the molecule is Cc1ccccc1NC(=S)N[C@@H](C)[C@H](c1ccccc1)[NH+]1CC[NH+](C)CC1. The first-order chi connectivity index (χ1) is 13.0. The van der Waals surface area contributed by atoms with Gasteiger partial charge in [0, 0.05) is 11.3 Å². The second-order valence-electron chi connectivity index (χ2n) is 7.71. The minimum Gasteiger partial charge on any atom is -0.354 e. The van der Waals surface area contributed by atoms with E-state index >= 15 is 0 Å². The fourth-order valence-corrected chi connectivity index (χ4v) is 4.30. The number of thiocarbonyl (C=S) groups is 1. The lowest BCUT2D eigenvalue weighted by Crippen LogP contribution is -3.27. The third-order valence-electron chi connectivity index (χ3n) is 5.60. The third kappa shape index (κ3) is 5.28. The van der Waals surface area contributed by atoms with E-state index in [2.05, 4.69) is 74.0 Å². The highest BCUT2D eigenvalue weighted by molar-refractivity contribution is 7.80. The summed E-state index contributed by atoms with van der Waals surface area (Å²) >= 11 is 5.63. The van der Waals surface area contributed by atoms with E-state index in [4.69, 9.17) is 12.2 Å². The molecule has 1 aliphatic heterocycles. The summed E-state index contributed by atoms with van der Waals surface area (Å²) in [5, 5.41) is 7.61. The van der Waals surface area contributed by atoms with Crippen LogP contribution in [0.3, 0.4) is 0 Å². The van der Waals surface area contributed by atoms with E-state index in [1.165, 1.54) is 37.3 Å². The van der Waals surface area contributed by atoms with Crippen LogP contribution in [-0.2, 0) is 0 Å². The lowest BCUT2D eigenvalue weighted by Gasteiger charge is -2.37. The number of hydrogen-bond acceptors (Lipinski definition) is 1. The van der Waals surface area contributed by atoms with Crippen LogP contribution >= 0.6 is 12.2 Å². The van der Waals surface area contributed by atoms with Gasteiger partial charge in [0.1, 0.15) is 32.2 Å². The van der Waals surface area contributed by atoms with Gasteiger partial charge in [-0.05, 0) is 37.7 Å². The zero-order valence-corrected chi connectivity index (χ0v) is 17.4. The Morgan fingerprint density at radius 3 is 2.26 bits per heavy atom. The molecule has 1 heterocycles. The Hall–Kier alpha value is -1.95. The van der Waals surface area contributed by atoms with Crippen LogP contribution in [0.1, 0.15) is 24.1 Å². The van der Waals surface area contributed by atoms with Crippen molar-refractivity contribution < 1.29 is 9.80 Å². The summed E-state index contributed by atoms with van der Waals surface area (Å²) < 4.78 is 0. The first-order valence-corrected chi connectivity index (χ1v) is 10.3. The maximum absolute atomic E-state index is 5.63. The minimum atomic E-state index is 0.241. The molecule has 0 aromatic heterocycles. The van der Waals surface area contributed by atoms with Crippen molar-refractivity contribution >= 4 is 23.0 Å². The van der Waals surface area contributed by atoms with Crippen molar-refractivity contribution in [1.82, 2.24) is 5.32 Å². The molecule has 144 valence electrons. The van der Waals surface area contributed by atoms with Gasteiger partial charge in [0.15, 0.2) is 5.11 Å². The van der Waals surface area contributed by atoms with E-state index in [1.54, 1.807) is 9.80 Å². The van der Waals surface area contributed by atoms with Crippen LogP contribution in [0.15, 0.2) is 54.6 Å². The number of aryl methyl sites for hydroxylation is 1. The topological polar surface area (TPSA) is 32.9 Å². The Bertz CT molecular complexity index is 741. The van der Waals surface area contributed by atoms with E-state index < -0.39 is 0 Å². The molecule has 1 fully saturated rings. The molecule has 0 bridgehead atoms. The summed E-state index contributed by atoms with van der Waals surface area (Å²) in [6.07, 6.45) is 0. The zero-order chi connectivity index (χ0) is 19.2. The van der Waals surface area contributed by atoms with Crippen LogP contribution in [0.2, 0.25) is 0 Å². The molecule has 2 aromatic rings. The van der Waals surface area contributed by atoms with E-state index in [9.17, 15) is 0 Å². The van der Waals surface area contributed by atoms with Crippen LogP contribution in [0.25, 0.3) is 0 Å². The van der Waals surface area contributed by atoms with Crippen LogP contribution in [-0.4, -0.2) is 44.4 Å². The Kier molecular flexibility index (Phi) is 6.83. The largest absolute Gasteiger partial charge is 0.354 e. The predicted molar refractivity (Wildman–Crippen MR) is 116 cm³/mol. The average Bonchev–Trinajstić information content (AvgIpc) is 2.66. The lowest BCUT2D eigenvalue weighted by molar-refractivity contribution is -1.02. The van der Waals surface area contributed by atoms with Gasteiger partial charge in [-0.15, -0.1) is 0 Å². The molecule has 1 aliphatic rings. The van der Waals surface area contributed by atoms with Gasteiger partial charge in [0.2, 0.25) is 0 Å². The number of piperazine rings is 1. The molecule has 1 saturated heterocycles. The monoisotopic (exact) mass is 384 g/mol. The highest BCUT2D eigenvalue weighted by Gasteiger charge is 2.33. The van der Waals surface area contributed by atoms with E-state index in [-0.39, 0.29) is 6.04 Å². The predicted octanol–water partition coefficient (Wildman–Crippen LogP) is 0.824. The number of likely N-dealkylation sites (N-methyl/N-ethyl adjacent to an activating group) is 1. The fraction of sp³-hybridized carbons (Fsp3) is 0.409. The van der Waals surface area contributed by atoms with Crippen molar-refractivity contribution in [3.63, 3.8) is 0 Å². The van der Waals surface area contributed by atoms with Crippen molar-refractivity contribution in [3.8, 4) is 0 Å². The Morgan fingerprint density at radius 1 is 0.963 bits per heavy atom. The summed E-state index contributed by atoms with van der Waals surface area (Å²) in [7, 11) is 2.29. The van der Waals surface area contributed by atoms with E-state index in [0.29, 0.717) is 11.2 Å². The number of rotatable bonds is 5. The second-order valence-corrected chi connectivity index (χ2v) is 8.11. The van der Waals surface area contributed by atoms with Gasteiger partial charge in [-0.1, -0.05) is 48.5 Å². The summed E-state index contributed by atoms with van der Waals surface area (Å²) in [6.45, 7) is 9.17. The third-order valence-corrected chi connectivity index (χ3v) is 5.82. The molecule has 2 atom stereocenters. The maximum Gasteiger partial charge on any atom is 0.171 e. The Balaban J connectivity index is 1.71. The van der Waals surface area contributed by atoms with Crippen LogP contribution in [0.4, 0.5) is 5.69 Å². The molecule has 4 N–H and O–H groups in total. The Morgan fingerprint density at radius 2 is 1.59 bits per heavy atom.